The summed E-state index contributed by atoms with van der Waals surface area (Å²) in [5.41, 5.74) is -0.504. The van der Waals surface area contributed by atoms with Crippen LogP contribution in [-0.2, 0) is 0 Å². The first-order valence-electron chi connectivity index (χ1n) is 4.65. The van der Waals surface area contributed by atoms with E-state index in [1.54, 1.807) is 6.92 Å². The van der Waals surface area contributed by atoms with E-state index in [2.05, 4.69) is 5.32 Å². The van der Waals surface area contributed by atoms with Crippen molar-refractivity contribution in [3.63, 3.8) is 0 Å². The zero-order chi connectivity index (χ0) is 10.0. The third kappa shape index (κ3) is 6.58. The molecule has 0 atom stereocenters. The first-order chi connectivity index (χ1) is 5.68. The fourth-order valence-electron chi connectivity index (χ4n) is 0.589. The minimum absolute atomic E-state index is 0.0243. The molecule has 0 spiro atoms. The minimum atomic E-state index is -0.504. The molecule has 0 aliphatic carbocycles. The highest BCUT2D eigenvalue weighted by molar-refractivity contribution is 4.80. The Labute approximate surface area is 75.8 Å². The van der Waals surface area contributed by atoms with Gasteiger partial charge in [-0.3, -0.25) is 0 Å². The number of hydrogen-bond donors (Lipinski definition) is 3. The third-order valence-corrected chi connectivity index (χ3v) is 1.50. The molecule has 0 unspecified atom stereocenters. The Bertz CT molecular complexity index is 82.6. The van der Waals surface area contributed by atoms with Gasteiger partial charge in [0.25, 0.3) is 0 Å². The molecule has 12 heavy (non-hydrogen) atoms. The second kappa shape index (κ2) is 8.97. The lowest BCUT2D eigenvalue weighted by molar-refractivity contribution is 0.105. The molecule has 0 rings (SSSR count). The second-order valence-corrected chi connectivity index (χ2v) is 2.80. The zero-order valence-electron chi connectivity index (χ0n) is 8.72. The van der Waals surface area contributed by atoms with E-state index in [4.69, 9.17) is 10.2 Å². The SMILES string of the molecule is CC.CCCNC(C)(CO)CO. The predicted octanol–water partition coefficient (Wildman–Crippen LogP) is 0.755. The van der Waals surface area contributed by atoms with E-state index in [9.17, 15) is 0 Å². The summed E-state index contributed by atoms with van der Waals surface area (Å²) in [5, 5.41) is 20.6. The highest BCUT2D eigenvalue weighted by atomic mass is 16.3. The Hall–Kier alpha value is -0.120. The molecule has 0 aromatic rings. The summed E-state index contributed by atoms with van der Waals surface area (Å²) in [6, 6.07) is 0. The molecule has 0 aliphatic heterocycles. The number of rotatable bonds is 5. The van der Waals surface area contributed by atoms with Crippen LogP contribution < -0.4 is 5.32 Å². The molecular weight excluding hydrogens is 154 g/mol. The van der Waals surface area contributed by atoms with Gasteiger partial charge in [0.15, 0.2) is 0 Å². The molecule has 0 fully saturated rings. The van der Waals surface area contributed by atoms with Crippen molar-refractivity contribution in [1.29, 1.82) is 0 Å². The maximum atomic E-state index is 8.79. The first kappa shape index (κ1) is 14.4. The van der Waals surface area contributed by atoms with Gasteiger partial charge in [-0.25, -0.2) is 0 Å². The Morgan fingerprint density at radius 1 is 1.17 bits per heavy atom. The lowest BCUT2D eigenvalue weighted by atomic mass is 10.1. The van der Waals surface area contributed by atoms with Gasteiger partial charge in [-0.05, 0) is 19.9 Å². The first-order valence-corrected chi connectivity index (χ1v) is 4.65. The van der Waals surface area contributed by atoms with E-state index in [0.717, 1.165) is 13.0 Å². The Morgan fingerprint density at radius 3 is 1.83 bits per heavy atom. The Kier molecular flexibility index (Phi) is 10.8. The zero-order valence-corrected chi connectivity index (χ0v) is 8.72. The fraction of sp³-hybridized carbons (Fsp3) is 1.00. The van der Waals surface area contributed by atoms with Crippen molar-refractivity contribution in [2.24, 2.45) is 0 Å². The van der Waals surface area contributed by atoms with Crippen LogP contribution in [-0.4, -0.2) is 35.5 Å². The third-order valence-electron chi connectivity index (χ3n) is 1.50. The van der Waals surface area contributed by atoms with Crippen LogP contribution in [0, 0.1) is 0 Å². The molecule has 0 saturated carbocycles. The van der Waals surface area contributed by atoms with Gasteiger partial charge in [-0.15, -0.1) is 0 Å². The molecule has 3 nitrogen and oxygen atoms in total. The van der Waals surface area contributed by atoms with Gasteiger partial charge in [0.2, 0.25) is 0 Å². The molecule has 0 bridgehead atoms. The van der Waals surface area contributed by atoms with Crippen LogP contribution in [0.15, 0.2) is 0 Å². The standard InChI is InChI=1S/C7H17NO2.C2H6/c1-3-4-8-7(2,5-9)6-10;1-2/h8-10H,3-6H2,1-2H3;1-2H3. The summed E-state index contributed by atoms with van der Waals surface area (Å²) in [7, 11) is 0. The van der Waals surface area contributed by atoms with E-state index in [1.165, 1.54) is 0 Å². The van der Waals surface area contributed by atoms with E-state index in [0.29, 0.717) is 0 Å². The van der Waals surface area contributed by atoms with Crippen molar-refractivity contribution in [3.05, 3.63) is 0 Å². The van der Waals surface area contributed by atoms with Crippen LogP contribution in [0.2, 0.25) is 0 Å². The van der Waals surface area contributed by atoms with Gasteiger partial charge in [0.05, 0.1) is 18.8 Å². The van der Waals surface area contributed by atoms with Gasteiger partial charge >= 0.3 is 0 Å². The summed E-state index contributed by atoms with van der Waals surface area (Å²) in [6.07, 6.45) is 1.01. The van der Waals surface area contributed by atoms with E-state index in [1.807, 2.05) is 20.8 Å². The average Bonchev–Trinajstić information content (AvgIpc) is 2.17. The number of hydrogen-bond acceptors (Lipinski definition) is 3. The largest absolute Gasteiger partial charge is 0.394 e. The van der Waals surface area contributed by atoms with Crippen molar-refractivity contribution in [1.82, 2.24) is 5.32 Å². The van der Waals surface area contributed by atoms with Gasteiger partial charge in [-0.1, -0.05) is 20.8 Å². The smallest absolute Gasteiger partial charge is 0.0633 e. The molecule has 3 heteroatoms. The van der Waals surface area contributed by atoms with Crippen LogP contribution in [0.4, 0.5) is 0 Å². The molecule has 0 radical (unpaired) electrons. The van der Waals surface area contributed by atoms with Crippen molar-refractivity contribution < 1.29 is 10.2 Å². The molecule has 0 amide bonds. The quantitative estimate of drug-likeness (QED) is 0.581. The Morgan fingerprint density at radius 2 is 1.58 bits per heavy atom. The Balaban J connectivity index is 0. The highest BCUT2D eigenvalue weighted by Crippen LogP contribution is 1.99. The van der Waals surface area contributed by atoms with Gasteiger partial charge in [-0.2, -0.15) is 0 Å². The van der Waals surface area contributed by atoms with Crippen molar-refractivity contribution in [2.75, 3.05) is 19.8 Å². The minimum Gasteiger partial charge on any atom is -0.394 e. The number of aliphatic hydroxyl groups is 2. The van der Waals surface area contributed by atoms with Crippen LogP contribution in [0.25, 0.3) is 0 Å². The van der Waals surface area contributed by atoms with Crippen LogP contribution in [0.3, 0.4) is 0 Å². The van der Waals surface area contributed by atoms with E-state index >= 15 is 0 Å². The van der Waals surface area contributed by atoms with E-state index in [-0.39, 0.29) is 13.2 Å². The van der Waals surface area contributed by atoms with Crippen molar-refractivity contribution >= 4 is 0 Å². The van der Waals surface area contributed by atoms with Gasteiger partial charge in [0, 0.05) is 0 Å². The molecule has 0 saturated heterocycles. The predicted molar refractivity (Wildman–Crippen MR) is 52.2 cm³/mol. The molecule has 0 aromatic carbocycles. The molecule has 0 heterocycles. The van der Waals surface area contributed by atoms with Crippen molar-refractivity contribution in [2.45, 2.75) is 39.7 Å². The van der Waals surface area contributed by atoms with Gasteiger partial charge in [0.1, 0.15) is 0 Å². The number of aliphatic hydroxyl groups excluding tert-OH is 2. The fourth-order valence-corrected chi connectivity index (χ4v) is 0.589. The lowest BCUT2D eigenvalue weighted by Crippen LogP contribution is -2.49. The maximum Gasteiger partial charge on any atom is 0.0633 e. The van der Waals surface area contributed by atoms with E-state index < -0.39 is 5.54 Å². The second-order valence-electron chi connectivity index (χ2n) is 2.80. The maximum absolute atomic E-state index is 8.79. The summed E-state index contributed by atoms with van der Waals surface area (Å²) in [5.74, 6) is 0. The summed E-state index contributed by atoms with van der Waals surface area (Å²) >= 11 is 0. The number of nitrogens with one attached hydrogen (secondary N) is 1. The average molecular weight is 177 g/mol. The molecule has 0 aliphatic rings. The van der Waals surface area contributed by atoms with Gasteiger partial charge < -0.3 is 15.5 Å². The summed E-state index contributed by atoms with van der Waals surface area (Å²) in [6.45, 7) is 8.62. The molecule has 3 N–H and O–H groups in total. The van der Waals surface area contributed by atoms with Crippen LogP contribution >= 0.6 is 0 Å². The molecular formula is C9H23NO2. The normalized spacial score (nSPS) is 10.5. The topological polar surface area (TPSA) is 52.5 Å². The summed E-state index contributed by atoms with van der Waals surface area (Å²) < 4.78 is 0. The monoisotopic (exact) mass is 177 g/mol. The highest BCUT2D eigenvalue weighted by Gasteiger charge is 2.19. The van der Waals surface area contributed by atoms with Crippen molar-refractivity contribution in [3.8, 4) is 0 Å². The molecule has 76 valence electrons. The summed E-state index contributed by atoms with van der Waals surface area (Å²) in [4.78, 5) is 0. The molecule has 0 aromatic heterocycles. The van der Waals surface area contributed by atoms with Crippen LogP contribution in [0.5, 0.6) is 0 Å². The lowest BCUT2D eigenvalue weighted by Gasteiger charge is -2.25. The van der Waals surface area contributed by atoms with Crippen LogP contribution in [0.1, 0.15) is 34.1 Å².